The minimum atomic E-state index is 0.381. The highest BCUT2D eigenvalue weighted by Gasteiger charge is 2.11. The van der Waals surface area contributed by atoms with Gasteiger partial charge in [-0.3, -0.25) is 0 Å². The first kappa shape index (κ1) is 11.8. The molecule has 1 heterocycles. The van der Waals surface area contributed by atoms with Crippen molar-refractivity contribution < 1.29 is 0 Å². The van der Waals surface area contributed by atoms with Gasteiger partial charge in [-0.15, -0.1) is 11.3 Å². The summed E-state index contributed by atoms with van der Waals surface area (Å²) in [6.45, 7) is 2.50. The minimum Gasteiger partial charge on any atom is -0.325 e. The summed E-state index contributed by atoms with van der Waals surface area (Å²) in [4.78, 5) is 5.11. The third kappa shape index (κ3) is 2.36. The van der Waals surface area contributed by atoms with E-state index in [0.29, 0.717) is 12.2 Å². The van der Waals surface area contributed by atoms with E-state index in [0.717, 1.165) is 21.9 Å². The third-order valence-electron chi connectivity index (χ3n) is 2.58. The molecule has 0 saturated carbocycles. The molecule has 0 radical (unpaired) electrons. The molecule has 86 valence electrons. The number of nitrogens with zero attached hydrogens (tertiary/aromatic N) is 2. The molecule has 3 nitrogen and oxygen atoms in total. The van der Waals surface area contributed by atoms with Crippen LogP contribution in [0.1, 0.15) is 23.2 Å². The summed E-state index contributed by atoms with van der Waals surface area (Å²) in [7, 11) is 0. The molecule has 1 aromatic heterocycles. The largest absolute Gasteiger partial charge is 0.325 e. The summed E-state index contributed by atoms with van der Waals surface area (Å²) < 4.78 is 0. The molecule has 0 fully saturated rings. The van der Waals surface area contributed by atoms with E-state index in [1.807, 2.05) is 12.1 Å². The second-order valence-electron chi connectivity index (χ2n) is 3.65. The Balaban J connectivity index is 2.44. The summed E-state index contributed by atoms with van der Waals surface area (Å²) in [5.41, 5.74) is 8.35. The smallest absolute Gasteiger partial charge is 0.159 e. The van der Waals surface area contributed by atoms with Crippen LogP contribution in [-0.4, -0.2) is 4.98 Å². The number of aryl methyl sites for hydroxylation is 1. The zero-order valence-corrected chi connectivity index (χ0v) is 10.4. The van der Waals surface area contributed by atoms with E-state index in [-0.39, 0.29) is 0 Å². The van der Waals surface area contributed by atoms with Gasteiger partial charge < -0.3 is 5.73 Å². The van der Waals surface area contributed by atoms with E-state index in [2.05, 4.69) is 30.1 Å². The van der Waals surface area contributed by atoms with Crippen molar-refractivity contribution in [1.29, 1.82) is 5.26 Å². The SMILES string of the molecule is CCc1ccc(-c2sc(CN)nc2C#N)cc1. The molecule has 0 amide bonds. The average Bonchev–Trinajstić information content (AvgIpc) is 2.82. The van der Waals surface area contributed by atoms with Crippen LogP contribution in [0.25, 0.3) is 10.4 Å². The zero-order valence-electron chi connectivity index (χ0n) is 9.60. The van der Waals surface area contributed by atoms with E-state index in [4.69, 9.17) is 11.0 Å². The highest BCUT2D eigenvalue weighted by atomic mass is 32.1. The molecular weight excluding hydrogens is 230 g/mol. The molecule has 0 atom stereocenters. The van der Waals surface area contributed by atoms with Gasteiger partial charge in [0.1, 0.15) is 11.1 Å². The maximum Gasteiger partial charge on any atom is 0.159 e. The molecule has 0 aliphatic carbocycles. The second kappa shape index (κ2) is 5.09. The van der Waals surface area contributed by atoms with E-state index in [1.165, 1.54) is 16.9 Å². The van der Waals surface area contributed by atoms with Crippen LogP contribution in [0.2, 0.25) is 0 Å². The molecular formula is C13H13N3S. The quantitative estimate of drug-likeness (QED) is 0.901. The lowest BCUT2D eigenvalue weighted by molar-refractivity contribution is 1.03. The maximum atomic E-state index is 9.04. The number of thiazole rings is 1. The molecule has 2 rings (SSSR count). The summed E-state index contributed by atoms with van der Waals surface area (Å²) in [6.07, 6.45) is 1.02. The summed E-state index contributed by atoms with van der Waals surface area (Å²) >= 11 is 1.49. The highest BCUT2D eigenvalue weighted by Crippen LogP contribution is 2.30. The van der Waals surface area contributed by atoms with Gasteiger partial charge in [-0.25, -0.2) is 4.98 Å². The predicted octanol–water partition coefficient (Wildman–Crippen LogP) is 2.70. The normalized spacial score (nSPS) is 10.2. The van der Waals surface area contributed by atoms with Gasteiger partial charge in [0.05, 0.1) is 4.88 Å². The Bertz CT molecular complexity index is 549. The molecule has 0 aliphatic heterocycles. The first-order valence-electron chi connectivity index (χ1n) is 5.47. The van der Waals surface area contributed by atoms with Gasteiger partial charge in [-0.05, 0) is 17.5 Å². The number of hydrogen-bond acceptors (Lipinski definition) is 4. The fraction of sp³-hybridized carbons (Fsp3) is 0.231. The van der Waals surface area contributed by atoms with Crippen LogP contribution in [-0.2, 0) is 13.0 Å². The number of benzene rings is 1. The Hall–Kier alpha value is -1.70. The summed E-state index contributed by atoms with van der Waals surface area (Å²) in [5.74, 6) is 0. The van der Waals surface area contributed by atoms with Crippen molar-refractivity contribution in [2.45, 2.75) is 19.9 Å². The first-order valence-corrected chi connectivity index (χ1v) is 6.29. The number of nitrogens with two attached hydrogens (primary N) is 1. The molecule has 17 heavy (non-hydrogen) atoms. The number of aromatic nitrogens is 1. The molecule has 0 bridgehead atoms. The van der Waals surface area contributed by atoms with Gasteiger partial charge in [0.15, 0.2) is 5.69 Å². The Morgan fingerprint density at radius 1 is 1.35 bits per heavy atom. The molecule has 4 heteroatoms. The van der Waals surface area contributed by atoms with Crippen molar-refractivity contribution >= 4 is 11.3 Å². The molecule has 2 aromatic rings. The molecule has 0 saturated heterocycles. The van der Waals surface area contributed by atoms with Crippen LogP contribution in [0.15, 0.2) is 24.3 Å². The number of rotatable bonds is 3. The topological polar surface area (TPSA) is 62.7 Å². The molecule has 0 aliphatic rings. The van der Waals surface area contributed by atoms with E-state index in [1.54, 1.807) is 0 Å². The third-order valence-corrected chi connectivity index (χ3v) is 3.70. The highest BCUT2D eigenvalue weighted by molar-refractivity contribution is 7.15. The van der Waals surface area contributed by atoms with Gasteiger partial charge in [-0.2, -0.15) is 5.26 Å². The molecule has 0 unspecified atom stereocenters. The van der Waals surface area contributed by atoms with Gasteiger partial charge >= 0.3 is 0 Å². The van der Waals surface area contributed by atoms with Crippen molar-refractivity contribution in [1.82, 2.24) is 4.98 Å². The molecule has 0 spiro atoms. The van der Waals surface area contributed by atoms with Gasteiger partial charge in [-0.1, -0.05) is 31.2 Å². The zero-order chi connectivity index (χ0) is 12.3. The minimum absolute atomic E-state index is 0.381. The average molecular weight is 243 g/mol. The van der Waals surface area contributed by atoms with Crippen molar-refractivity contribution in [3.63, 3.8) is 0 Å². The first-order chi connectivity index (χ1) is 8.28. The second-order valence-corrected chi connectivity index (χ2v) is 4.74. The Morgan fingerprint density at radius 2 is 2.06 bits per heavy atom. The van der Waals surface area contributed by atoms with Crippen LogP contribution in [0, 0.1) is 11.3 Å². The van der Waals surface area contributed by atoms with Crippen LogP contribution < -0.4 is 5.73 Å². The monoisotopic (exact) mass is 243 g/mol. The van der Waals surface area contributed by atoms with Crippen molar-refractivity contribution in [3.8, 4) is 16.5 Å². The fourth-order valence-electron chi connectivity index (χ4n) is 1.61. The lowest BCUT2D eigenvalue weighted by Crippen LogP contribution is -1.94. The standard InChI is InChI=1S/C13H13N3S/c1-2-9-3-5-10(6-4-9)13-11(7-14)16-12(8-15)17-13/h3-6H,2,8,15H2,1H3. The lowest BCUT2D eigenvalue weighted by atomic mass is 10.1. The Morgan fingerprint density at radius 3 is 2.59 bits per heavy atom. The summed E-state index contributed by atoms with van der Waals surface area (Å²) in [6, 6.07) is 10.4. The van der Waals surface area contributed by atoms with Crippen molar-refractivity contribution in [2.24, 2.45) is 5.73 Å². The number of hydrogen-bond donors (Lipinski definition) is 1. The van der Waals surface area contributed by atoms with Crippen LogP contribution in [0.4, 0.5) is 0 Å². The molecule has 1 aromatic carbocycles. The van der Waals surface area contributed by atoms with Crippen LogP contribution >= 0.6 is 11.3 Å². The Labute approximate surface area is 105 Å². The molecule has 2 N–H and O–H groups in total. The van der Waals surface area contributed by atoms with E-state index in [9.17, 15) is 0 Å². The predicted molar refractivity (Wildman–Crippen MR) is 69.5 cm³/mol. The van der Waals surface area contributed by atoms with Crippen molar-refractivity contribution in [3.05, 3.63) is 40.5 Å². The van der Waals surface area contributed by atoms with E-state index >= 15 is 0 Å². The fourth-order valence-corrected chi connectivity index (χ4v) is 2.51. The lowest BCUT2D eigenvalue weighted by Gasteiger charge is -1.99. The summed E-state index contributed by atoms with van der Waals surface area (Å²) in [5, 5.41) is 9.84. The van der Waals surface area contributed by atoms with Gasteiger partial charge in [0, 0.05) is 6.54 Å². The van der Waals surface area contributed by atoms with Gasteiger partial charge in [0.2, 0.25) is 0 Å². The van der Waals surface area contributed by atoms with Crippen LogP contribution in [0.3, 0.4) is 0 Å². The van der Waals surface area contributed by atoms with E-state index < -0.39 is 0 Å². The van der Waals surface area contributed by atoms with Crippen molar-refractivity contribution in [2.75, 3.05) is 0 Å². The van der Waals surface area contributed by atoms with Gasteiger partial charge in [0.25, 0.3) is 0 Å². The Kier molecular flexibility index (Phi) is 3.52. The number of nitriles is 1. The van der Waals surface area contributed by atoms with Crippen LogP contribution in [0.5, 0.6) is 0 Å². The maximum absolute atomic E-state index is 9.04.